The Labute approximate surface area is 178 Å². The number of hydrogen-bond donors (Lipinski definition) is 1. The molecule has 0 aliphatic rings. The highest BCUT2D eigenvalue weighted by Gasteiger charge is 2.19. The fourth-order valence-corrected chi connectivity index (χ4v) is 3.37. The molecule has 2 aromatic heterocycles. The van der Waals surface area contributed by atoms with Crippen molar-refractivity contribution < 1.29 is 9.34 Å². The summed E-state index contributed by atoms with van der Waals surface area (Å²) in [6, 6.07) is 16.4. The molecule has 0 aliphatic carbocycles. The van der Waals surface area contributed by atoms with Crippen LogP contribution in [-0.4, -0.2) is 14.5 Å². The minimum absolute atomic E-state index is 0.0808. The van der Waals surface area contributed by atoms with Crippen LogP contribution in [0.25, 0.3) is 17.0 Å². The molecule has 2 heterocycles. The Balaban J connectivity index is 1.43. The van der Waals surface area contributed by atoms with Gasteiger partial charge in [0.1, 0.15) is 11.5 Å². The first kappa shape index (κ1) is 19.9. The van der Waals surface area contributed by atoms with Gasteiger partial charge in [0.2, 0.25) is 0 Å². The van der Waals surface area contributed by atoms with E-state index in [-0.39, 0.29) is 11.7 Å². The van der Waals surface area contributed by atoms with Crippen molar-refractivity contribution in [3.63, 3.8) is 0 Å². The van der Waals surface area contributed by atoms with E-state index < -0.39 is 4.92 Å². The average molecular weight is 423 g/mol. The molecule has 0 fully saturated rings. The maximum Gasteiger partial charge on any atom is 0.281 e. The lowest BCUT2D eigenvalue weighted by Crippen LogP contribution is -2.17. The number of hydrogen-bond acceptors (Lipinski definition) is 5. The van der Waals surface area contributed by atoms with Gasteiger partial charge in [0.05, 0.1) is 23.4 Å². The third kappa shape index (κ3) is 4.27. The molecule has 30 heavy (non-hydrogen) atoms. The quantitative estimate of drug-likeness (QED) is 0.312. The van der Waals surface area contributed by atoms with Crippen molar-refractivity contribution in [1.29, 1.82) is 0 Å². The van der Waals surface area contributed by atoms with Crippen LogP contribution in [0, 0.1) is 10.1 Å². The Morgan fingerprint density at radius 2 is 2.00 bits per heavy atom. The fourth-order valence-electron chi connectivity index (χ4n) is 3.20. The largest absolute Gasteiger partial charge is 0.459 e. The van der Waals surface area contributed by atoms with Gasteiger partial charge in [-0.15, -0.1) is 0 Å². The van der Waals surface area contributed by atoms with Crippen LogP contribution in [0.1, 0.15) is 24.3 Å². The second-order valence-corrected chi connectivity index (χ2v) is 7.29. The lowest BCUT2D eigenvalue weighted by atomic mass is 10.1. The van der Waals surface area contributed by atoms with Crippen molar-refractivity contribution in [2.45, 2.75) is 19.5 Å². The number of benzene rings is 2. The SMILES string of the molecule is CC(NCc1ccc(-c2ccc(Cl)cc2[N+](=O)[O-])o1)c1ccc(-n2ccnc2)cc1. The predicted molar refractivity (Wildman–Crippen MR) is 115 cm³/mol. The number of nitrogens with zero attached hydrogens (tertiary/aromatic N) is 3. The lowest BCUT2D eigenvalue weighted by Gasteiger charge is -2.14. The van der Waals surface area contributed by atoms with Gasteiger partial charge in [-0.1, -0.05) is 23.7 Å². The van der Waals surface area contributed by atoms with Gasteiger partial charge in [0.15, 0.2) is 0 Å². The number of aromatic nitrogens is 2. The summed E-state index contributed by atoms with van der Waals surface area (Å²) in [7, 11) is 0. The van der Waals surface area contributed by atoms with Gasteiger partial charge in [0, 0.05) is 35.2 Å². The highest BCUT2D eigenvalue weighted by atomic mass is 35.5. The Bertz CT molecular complexity index is 1150. The third-order valence-electron chi connectivity index (χ3n) is 4.86. The summed E-state index contributed by atoms with van der Waals surface area (Å²) in [5.41, 5.74) is 2.50. The molecule has 0 aliphatic heterocycles. The standard InChI is InChI=1S/C22H19ClN4O3/c1-15(16-2-5-18(6-3-16)26-11-10-24-14-26)25-13-19-7-9-22(30-19)20-8-4-17(23)12-21(20)27(28)29/h2-12,14-15,25H,13H2,1H3. The van der Waals surface area contributed by atoms with Crippen LogP contribution in [0.2, 0.25) is 5.02 Å². The van der Waals surface area contributed by atoms with Gasteiger partial charge in [-0.3, -0.25) is 10.1 Å². The van der Waals surface area contributed by atoms with Gasteiger partial charge >= 0.3 is 0 Å². The predicted octanol–water partition coefficient (Wildman–Crippen LogP) is 5.54. The average Bonchev–Trinajstić information content (AvgIpc) is 3.44. The van der Waals surface area contributed by atoms with Crippen LogP contribution < -0.4 is 5.32 Å². The molecule has 0 radical (unpaired) electrons. The summed E-state index contributed by atoms with van der Waals surface area (Å²) >= 11 is 5.89. The zero-order valence-electron chi connectivity index (χ0n) is 16.2. The lowest BCUT2D eigenvalue weighted by molar-refractivity contribution is -0.384. The van der Waals surface area contributed by atoms with Gasteiger partial charge in [0.25, 0.3) is 5.69 Å². The summed E-state index contributed by atoms with van der Waals surface area (Å²) in [6.45, 7) is 2.56. The first-order valence-corrected chi connectivity index (χ1v) is 9.74. The second-order valence-electron chi connectivity index (χ2n) is 6.85. The van der Waals surface area contributed by atoms with Crippen molar-refractivity contribution in [2.24, 2.45) is 0 Å². The van der Waals surface area contributed by atoms with E-state index in [2.05, 4.69) is 29.4 Å². The third-order valence-corrected chi connectivity index (χ3v) is 5.10. The van der Waals surface area contributed by atoms with E-state index in [0.29, 0.717) is 28.7 Å². The molecule has 152 valence electrons. The zero-order valence-corrected chi connectivity index (χ0v) is 16.9. The minimum atomic E-state index is -0.461. The van der Waals surface area contributed by atoms with E-state index in [4.69, 9.17) is 16.0 Å². The van der Waals surface area contributed by atoms with E-state index >= 15 is 0 Å². The first-order valence-electron chi connectivity index (χ1n) is 9.36. The van der Waals surface area contributed by atoms with E-state index in [1.54, 1.807) is 30.7 Å². The van der Waals surface area contributed by atoms with E-state index in [1.807, 2.05) is 29.0 Å². The van der Waals surface area contributed by atoms with Crippen molar-refractivity contribution in [2.75, 3.05) is 0 Å². The van der Waals surface area contributed by atoms with E-state index in [0.717, 1.165) is 11.3 Å². The molecule has 1 unspecified atom stereocenters. The molecule has 0 saturated carbocycles. The monoisotopic (exact) mass is 422 g/mol. The number of imidazole rings is 1. The molecule has 1 atom stereocenters. The Kier molecular flexibility index (Phi) is 5.65. The van der Waals surface area contributed by atoms with Gasteiger partial charge < -0.3 is 14.3 Å². The van der Waals surface area contributed by atoms with Crippen molar-refractivity contribution >= 4 is 17.3 Å². The van der Waals surface area contributed by atoms with Crippen molar-refractivity contribution in [3.05, 3.63) is 99.8 Å². The van der Waals surface area contributed by atoms with Crippen LogP contribution >= 0.6 is 11.6 Å². The summed E-state index contributed by atoms with van der Waals surface area (Å²) in [4.78, 5) is 14.9. The molecule has 1 N–H and O–H groups in total. The summed E-state index contributed by atoms with van der Waals surface area (Å²) < 4.78 is 7.78. The number of rotatable bonds is 7. The maximum atomic E-state index is 11.3. The molecule has 7 nitrogen and oxygen atoms in total. The van der Waals surface area contributed by atoms with E-state index in [1.165, 1.54) is 6.07 Å². The van der Waals surface area contributed by atoms with Crippen LogP contribution in [0.15, 0.2) is 77.7 Å². The number of furan rings is 1. The molecule has 2 aromatic carbocycles. The second kappa shape index (κ2) is 8.52. The molecular weight excluding hydrogens is 404 g/mol. The molecule has 0 spiro atoms. The van der Waals surface area contributed by atoms with Gasteiger partial charge in [-0.25, -0.2) is 4.98 Å². The topological polar surface area (TPSA) is 86.1 Å². The highest BCUT2D eigenvalue weighted by molar-refractivity contribution is 6.30. The smallest absolute Gasteiger partial charge is 0.281 e. The van der Waals surface area contributed by atoms with Gasteiger partial charge in [-0.05, 0) is 48.9 Å². The van der Waals surface area contributed by atoms with Crippen LogP contribution in [0.4, 0.5) is 5.69 Å². The normalized spacial score (nSPS) is 12.1. The number of nitro benzene ring substituents is 1. The molecule has 0 saturated heterocycles. The molecule has 8 heteroatoms. The van der Waals surface area contributed by atoms with E-state index in [9.17, 15) is 10.1 Å². The van der Waals surface area contributed by atoms with Crippen LogP contribution in [0.3, 0.4) is 0 Å². The Morgan fingerprint density at radius 3 is 2.70 bits per heavy atom. The van der Waals surface area contributed by atoms with Crippen LogP contribution in [0.5, 0.6) is 0 Å². The number of halogens is 1. The Hall–Kier alpha value is -3.42. The number of nitro groups is 1. The summed E-state index contributed by atoms with van der Waals surface area (Å²) in [6.07, 6.45) is 5.40. The Morgan fingerprint density at radius 1 is 1.20 bits per heavy atom. The molecular formula is C22H19ClN4O3. The maximum absolute atomic E-state index is 11.3. The first-order chi connectivity index (χ1) is 14.5. The summed E-state index contributed by atoms with van der Waals surface area (Å²) in [5.74, 6) is 1.13. The van der Waals surface area contributed by atoms with Crippen molar-refractivity contribution in [1.82, 2.24) is 14.9 Å². The highest BCUT2D eigenvalue weighted by Crippen LogP contribution is 2.33. The summed E-state index contributed by atoms with van der Waals surface area (Å²) in [5, 5.41) is 15.0. The van der Waals surface area contributed by atoms with Gasteiger partial charge in [-0.2, -0.15) is 0 Å². The molecule has 4 aromatic rings. The van der Waals surface area contributed by atoms with Crippen molar-refractivity contribution in [3.8, 4) is 17.0 Å². The number of nitrogens with one attached hydrogen (secondary N) is 1. The molecule has 4 rings (SSSR count). The molecule has 0 amide bonds. The zero-order chi connectivity index (χ0) is 21.1. The fraction of sp³-hybridized carbons (Fsp3) is 0.136. The minimum Gasteiger partial charge on any atom is -0.459 e. The van der Waals surface area contributed by atoms with Crippen LogP contribution in [-0.2, 0) is 6.54 Å². The molecule has 0 bridgehead atoms.